The fraction of sp³-hybridized carbons (Fsp3) is 0.692. The Labute approximate surface area is 123 Å². The summed E-state index contributed by atoms with van der Waals surface area (Å²) in [6, 6.07) is 0.175. The molecule has 7 heteroatoms. The molecule has 0 spiro atoms. The first-order valence-corrected chi connectivity index (χ1v) is 7.09. The van der Waals surface area contributed by atoms with Crippen molar-refractivity contribution >= 4 is 17.3 Å². The summed E-state index contributed by atoms with van der Waals surface area (Å²) in [5, 5.41) is 7.54. The quantitative estimate of drug-likeness (QED) is 0.863. The second-order valence-corrected chi connectivity index (χ2v) is 5.23. The molecule has 1 aromatic rings. The van der Waals surface area contributed by atoms with E-state index in [2.05, 4.69) is 10.4 Å². The predicted molar refractivity (Wildman–Crippen MR) is 77.4 cm³/mol. The van der Waals surface area contributed by atoms with Gasteiger partial charge in [-0.25, -0.2) is 4.68 Å². The molecular formula is C13H20ClN3O3. The molecule has 1 aromatic heterocycles. The van der Waals surface area contributed by atoms with Crippen LogP contribution in [0.1, 0.15) is 19.3 Å². The van der Waals surface area contributed by atoms with Gasteiger partial charge in [-0.1, -0.05) is 11.6 Å². The number of methoxy groups -OCH3 is 2. The number of hydrogen-bond donors (Lipinski definition) is 1. The number of anilines is 1. The number of ether oxygens (including phenoxy) is 2. The zero-order chi connectivity index (χ0) is 14.5. The molecule has 2 rings (SSSR count). The van der Waals surface area contributed by atoms with Crippen molar-refractivity contribution in [2.45, 2.75) is 38.0 Å². The van der Waals surface area contributed by atoms with E-state index in [1.165, 1.54) is 4.68 Å². The number of rotatable bonds is 6. The lowest BCUT2D eigenvalue weighted by atomic mass is 10.2. The molecule has 0 amide bonds. The lowest BCUT2D eigenvalue weighted by Crippen LogP contribution is -2.32. The highest BCUT2D eigenvalue weighted by atomic mass is 35.5. The lowest BCUT2D eigenvalue weighted by Gasteiger charge is -2.21. The van der Waals surface area contributed by atoms with Gasteiger partial charge in [-0.3, -0.25) is 4.79 Å². The summed E-state index contributed by atoms with van der Waals surface area (Å²) in [4.78, 5) is 12.1. The Morgan fingerprint density at radius 2 is 2.30 bits per heavy atom. The molecule has 0 radical (unpaired) electrons. The molecule has 1 saturated carbocycles. The fourth-order valence-corrected chi connectivity index (χ4v) is 2.68. The first kappa shape index (κ1) is 15.3. The summed E-state index contributed by atoms with van der Waals surface area (Å²) in [5.41, 5.74) is 0.264. The van der Waals surface area contributed by atoms with Crippen LogP contribution in [0, 0.1) is 0 Å². The molecule has 0 aromatic carbocycles. The highest BCUT2D eigenvalue weighted by Gasteiger charge is 2.27. The topological polar surface area (TPSA) is 65.4 Å². The Kier molecular flexibility index (Phi) is 5.39. The van der Waals surface area contributed by atoms with Crippen LogP contribution in [0.2, 0.25) is 5.02 Å². The third-order valence-electron chi connectivity index (χ3n) is 3.59. The first-order valence-electron chi connectivity index (χ1n) is 6.71. The largest absolute Gasteiger partial charge is 0.383 e. The van der Waals surface area contributed by atoms with Crippen LogP contribution in [-0.4, -0.2) is 42.8 Å². The molecule has 2 unspecified atom stereocenters. The maximum absolute atomic E-state index is 12.1. The number of hydrogen-bond acceptors (Lipinski definition) is 5. The molecule has 2 atom stereocenters. The molecule has 6 nitrogen and oxygen atoms in total. The summed E-state index contributed by atoms with van der Waals surface area (Å²) in [6.45, 7) is 0.809. The number of halogens is 1. The van der Waals surface area contributed by atoms with Gasteiger partial charge in [0.15, 0.2) is 0 Å². The van der Waals surface area contributed by atoms with E-state index in [1.54, 1.807) is 20.4 Å². The Hall–Kier alpha value is -1.11. The van der Waals surface area contributed by atoms with E-state index >= 15 is 0 Å². The van der Waals surface area contributed by atoms with Gasteiger partial charge < -0.3 is 14.8 Å². The summed E-state index contributed by atoms with van der Waals surface area (Å²) >= 11 is 6.13. The van der Waals surface area contributed by atoms with E-state index in [9.17, 15) is 4.79 Å². The Balaban J connectivity index is 2.13. The van der Waals surface area contributed by atoms with E-state index in [1.807, 2.05) is 0 Å². The second kappa shape index (κ2) is 7.06. The maximum atomic E-state index is 12.1. The van der Waals surface area contributed by atoms with E-state index in [0.29, 0.717) is 18.8 Å². The van der Waals surface area contributed by atoms with Crippen LogP contribution < -0.4 is 10.9 Å². The van der Waals surface area contributed by atoms with Crippen LogP contribution in [0.3, 0.4) is 0 Å². The van der Waals surface area contributed by atoms with Crippen LogP contribution in [0.25, 0.3) is 0 Å². The van der Waals surface area contributed by atoms with Crippen molar-refractivity contribution in [1.82, 2.24) is 9.78 Å². The molecule has 0 aliphatic heterocycles. The number of aromatic nitrogens is 2. The van der Waals surface area contributed by atoms with Crippen molar-refractivity contribution in [2.75, 3.05) is 26.1 Å². The molecule has 1 aliphatic carbocycles. The van der Waals surface area contributed by atoms with Gasteiger partial charge in [0.1, 0.15) is 5.02 Å². The normalized spacial score (nSPS) is 22.1. The van der Waals surface area contributed by atoms with E-state index in [-0.39, 0.29) is 22.7 Å². The Morgan fingerprint density at radius 1 is 1.50 bits per heavy atom. The van der Waals surface area contributed by atoms with Gasteiger partial charge in [-0.05, 0) is 19.3 Å². The first-order chi connectivity index (χ1) is 9.67. The molecule has 1 N–H and O–H groups in total. The molecule has 1 fully saturated rings. The Bertz CT molecular complexity index is 506. The van der Waals surface area contributed by atoms with Gasteiger partial charge in [0.2, 0.25) is 0 Å². The minimum atomic E-state index is -0.305. The summed E-state index contributed by atoms with van der Waals surface area (Å²) in [5.74, 6) is 0. The predicted octanol–water partition coefficient (Wildman–Crippen LogP) is 1.52. The van der Waals surface area contributed by atoms with Crippen LogP contribution in [0.5, 0.6) is 0 Å². The van der Waals surface area contributed by atoms with Crippen molar-refractivity contribution in [3.05, 3.63) is 21.6 Å². The van der Waals surface area contributed by atoms with E-state index in [0.717, 1.165) is 19.3 Å². The highest BCUT2D eigenvalue weighted by Crippen LogP contribution is 2.26. The lowest BCUT2D eigenvalue weighted by molar-refractivity contribution is 0.101. The van der Waals surface area contributed by atoms with Crippen LogP contribution in [0.15, 0.2) is 11.0 Å². The minimum Gasteiger partial charge on any atom is -0.383 e. The number of nitrogens with zero attached hydrogens (tertiary/aromatic N) is 2. The molecule has 0 saturated heterocycles. The monoisotopic (exact) mass is 301 g/mol. The van der Waals surface area contributed by atoms with Crippen molar-refractivity contribution < 1.29 is 9.47 Å². The van der Waals surface area contributed by atoms with Gasteiger partial charge >= 0.3 is 0 Å². The summed E-state index contributed by atoms with van der Waals surface area (Å²) in [7, 11) is 3.28. The molecule has 112 valence electrons. The van der Waals surface area contributed by atoms with Crippen LogP contribution in [0.4, 0.5) is 5.69 Å². The zero-order valence-corrected chi connectivity index (χ0v) is 12.5. The van der Waals surface area contributed by atoms with Gasteiger partial charge in [0, 0.05) is 14.2 Å². The van der Waals surface area contributed by atoms with Gasteiger partial charge in [-0.15, -0.1) is 0 Å². The second-order valence-electron chi connectivity index (χ2n) is 4.85. The smallest absolute Gasteiger partial charge is 0.287 e. The summed E-state index contributed by atoms with van der Waals surface area (Å²) < 4.78 is 11.7. The molecular weight excluding hydrogens is 282 g/mol. The third-order valence-corrected chi connectivity index (χ3v) is 3.95. The highest BCUT2D eigenvalue weighted by molar-refractivity contribution is 6.32. The molecule has 20 heavy (non-hydrogen) atoms. The molecule has 1 aliphatic rings. The minimum absolute atomic E-state index is 0.155. The number of nitrogens with one attached hydrogen (secondary N) is 1. The molecule has 0 bridgehead atoms. The maximum Gasteiger partial charge on any atom is 0.287 e. The zero-order valence-electron chi connectivity index (χ0n) is 11.8. The third kappa shape index (κ3) is 3.31. The average molecular weight is 302 g/mol. The van der Waals surface area contributed by atoms with Crippen molar-refractivity contribution in [1.29, 1.82) is 0 Å². The summed E-state index contributed by atoms with van der Waals surface area (Å²) in [6.07, 6.45) is 4.87. The van der Waals surface area contributed by atoms with Crippen LogP contribution in [-0.2, 0) is 16.0 Å². The fourth-order valence-electron chi connectivity index (χ4n) is 2.48. The van der Waals surface area contributed by atoms with Gasteiger partial charge in [0.25, 0.3) is 5.56 Å². The SMILES string of the molecule is COCCn1ncc(NC2CCCC2OC)c(Cl)c1=O. The van der Waals surface area contributed by atoms with Crippen molar-refractivity contribution in [3.8, 4) is 0 Å². The van der Waals surface area contributed by atoms with Crippen molar-refractivity contribution in [3.63, 3.8) is 0 Å². The average Bonchev–Trinajstić information content (AvgIpc) is 2.90. The Morgan fingerprint density at radius 3 is 3.00 bits per heavy atom. The van der Waals surface area contributed by atoms with Crippen molar-refractivity contribution in [2.24, 2.45) is 0 Å². The van der Waals surface area contributed by atoms with E-state index in [4.69, 9.17) is 21.1 Å². The van der Waals surface area contributed by atoms with Gasteiger partial charge in [0.05, 0.1) is 37.2 Å². The van der Waals surface area contributed by atoms with Gasteiger partial charge in [-0.2, -0.15) is 5.10 Å². The standard InChI is InChI=1S/C13H20ClN3O3/c1-19-7-6-17-13(18)12(14)10(8-15-17)16-9-4-3-5-11(9)20-2/h8-9,11,16H,3-7H2,1-2H3. The van der Waals surface area contributed by atoms with Crippen LogP contribution >= 0.6 is 11.6 Å². The van der Waals surface area contributed by atoms with E-state index < -0.39 is 0 Å². The molecule has 1 heterocycles.